The zero-order valence-electron chi connectivity index (χ0n) is 12.9. The number of hydrogen-bond acceptors (Lipinski definition) is 2. The number of rotatable bonds is 4. The quantitative estimate of drug-likeness (QED) is 0.472. The van der Waals surface area contributed by atoms with E-state index < -0.39 is 0 Å². The van der Waals surface area contributed by atoms with Gasteiger partial charge in [-0.25, -0.2) is 0 Å². The van der Waals surface area contributed by atoms with Gasteiger partial charge in [0.25, 0.3) is 0 Å². The number of Topliss-reactive ketones (excluding diaryl/α,β-unsaturated/α-hetero) is 1. The fourth-order valence-corrected chi connectivity index (χ4v) is 1.20. The maximum absolute atomic E-state index is 11.3. The molecule has 1 aromatic carbocycles. The van der Waals surface area contributed by atoms with Crippen LogP contribution < -0.4 is 0 Å². The van der Waals surface area contributed by atoms with Crippen LogP contribution in [0.15, 0.2) is 35.3 Å². The van der Waals surface area contributed by atoms with Crippen LogP contribution in [0.25, 0.3) is 0 Å². The minimum Gasteiger partial charge on any atom is -0.369 e. The number of nitrogens with zero attached hydrogens (tertiary/aromatic N) is 2. The lowest BCUT2D eigenvalue weighted by Crippen LogP contribution is -2.09. The normalized spacial score (nSPS) is 10.5. The molecule has 0 spiro atoms. The Morgan fingerprint density at radius 1 is 1.11 bits per heavy atom. The van der Waals surface area contributed by atoms with E-state index in [9.17, 15) is 4.79 Å². The smallest absolute Gasteiger partial charge is 0.165 e. The van der Waals surface area contributed by atoms with Crippen molar-refractivity contribution < 1.29 is 4.79 Å². The molecule has 19 heavy (non-hydrogen) atoms. The van der Waals surface area contributed by atoms with E-state index >= 15 is 0 Å². The van der Waals surface area contributed by atoms with Gasteiger partial charge in [-0.2, -0.15) is 0 Å². The first kappa shape index (κ1) is 17.4. The van der Waals surface area contributed by atoms with Crippen LogP contribution in [0.4, 0.5) is 0 Å². The Labute approximate surface area is 117 Å². The van der Waals surface area contributed by atoms with Crippen LogP contribution in [-0.2, 0) is 0 Å². The second kappa shape index (κ2) is 9.31. The number of carbonyl (C=O) groups excluding carboxylic acids is 1. The summed E-state index contributed by atoms with van der Waals surface area (Å²) in [6.45, 7) is 7.94. The van der Waals surface area contributed by atoms with Crippen molar-refractivity contribution in [2.75, 3.05) is 14.1 Å². The van der Waals surface area contributed by atoms with Gasteiger partial charge in [0, 0.05) is 31.6 Å². The molecule has 0 unspecified atom stereocenters. The third-order valence-electron chi connectivity index (χ3n) is 2.18. The summed E-state index contributed by atoms with van der Waals surface area (Å²) >= 11 is 0. The topological polar surface area (TPSA) is 32.7 Å². The Kier molecular flexibility index (Phi) is 8.51. The molecule has 3 nitrogen and oxygen atoms in total. The summed E-state index contributed by atoms with van der Waals surface area (Å²) in [4.78, 5) is 17.4. The Morgan fingerprint density at radius 2 is 1.63 bits per heavy atom. The highest BCUT2D eigenvalue weighted by molar-refractivity contribution is 5.97. The summed E-state index contributed by atoms with van der Waals surface area (Å²) in [6, 6.07) is 9.80. The zero-order chi connectivity index (χ0) is 14.8. The van der Waals surface area contributed by atoms with E-state index in [0.717, 1.165) is 5.56 Å². The van der Waals surface area contributed by atoms with Gasteiger partial charge in [0.05, 0.1) is 6.34 Å². The second-order valence-electron chi connectivity index (χ2n) is 5.21. The predicted octanol–water partition coefficient (Wildman–Crippen LogP) is 3.51. The molecule has 3 heteroatoms. The monoisotopic (exact) mass is 262 g/mol. The van der Waals surface area contributed by atoms with E-state index in [2.05, 4.69) is 18.8 Å². The van der Waals surface area contributed by atoms with Gasteiger partial charge in [-0.05, 0) is 13.8 Å². The number of ketones is 1. The molecule has 0 aliphatic heterocycles. The van der Waals surface area contributed by atoms with Gasteiger partial charge in [0.15, 0.2) is 5.78 Å². The lowest BCUT2D eigenvalue weighted by molar-refractivity contribution is 0.0939. The molecule has 1 aromatic rings. The third-order valence-corrected chi connectivity index (χ3v) is 2.18. The van der Waals surface area contributed by atoms with Gasteiger partial charge in [-0.3, -0.25) is 9.79 Å². The van der Waals surface area contributed by atoms with E-state index in [-0.39, 0.29) is 11.7 Å². The number of benzene rings is 1. The fourth-order valence-electron chi connectivity index (χ4n) is 1.20. The van der Waals surface area contributed by atoms with Crippen LogP contribution in [0, 0.1) is 5.92 Å². The fraction of sp³-hybridized carbons (Fsp3) is 0.500. The van der Waals surface area contributed by atoms with E-state index in [1.807, 2.05) is 69.5 Å². The van der Waals surface area contributed by atoms with Crippen LogP contribution in [0.5, 0.6) is 0 Å². The molecule has 0 N–H and O–H groups in total. The number of hydrogen-bond donors (Lipinski definition) is 0. The third kappa shape index (κ3) is 9.00. The molecule has 0 saturated heterocycles. The SMILES string of the molecule is CC(C)C(=O)c1ccccc1.CC(C)N=CN(C)C. The molecule has 0 aliphatic carbocycles. The van der Waals surface area contributed by atoms with Crippen molar-refractivity contribution in [2.45, 2.75) is 33.7 Å². The Bertz CT molecular complexity index is 371. The lowest BCUT2D eigenvalue weighted by Gasteiger charge is -2.02. The van der Waals surface area contributed by atoms with Gasteiger partial charge in [0.1, 0.15) is 0 Å². The molecule has 1 rings (SSSR count). The molecule has 0 aliphatic rings. The highest BCUT2D eigenvalue weighted by Crippen LogP contribution is 2.06. The maximum Gasteiger partial charge on any atom is 0.165 e. The standard InChI is InChI=1S/C10H12O.C6H14N2/c1-8(2)10(11)9-6-4-3-5-7-9;1-6(2)7-5-8(3)4/h3-8H,1-2H3;5-6H,1-4H3. The molecule has 0 atom stereocenters. The predicted molar refractivity (Wildman–Crippen MR) is 82.9 cm³/mol. The van der Waals surface area contributed by atoms with E-state index in [1.54, 1.807) is 0 Å². The van der Waals surface area contributed by atoms with E-state index in [0.29, 0.717) is 6.04 Å². The second-order valence-corrected chi connectivity index (χ2v) is 5.21. The largest absolute Gasteiger partial charge is 0.369 e. The molecular formula is C16H26N2O. The lowest BCUT2D eigenvalue weighted by atomic mass is 10.0. The van der Waals surface area contributed by atoms with Crippen molar-refractivity contribution in [3.8, 4) is 0 Å². The first-order valence-corrected chi connectivity index (χ1v) is 6.63. The molecule has 0 heterocycles. The average molecular weight is 262 g/mol. The molecule has 0 fully saturated rings. The summed E-state index contributed by atoms with van der Waals surface area (Å²) in [5, 5.41) is 0. The van der Waals surface area contributed by atoms with Crippen molar-refractivity contribution in [2.24, 2.45) is 10.9 Å². The number of aliphatic imine (C=N–C) groups is 1. The summed E-state index contributed by atoms with van der Waals surface area (Å²) in [5.74, 6) is 0.308. The highest BCUT2D eigenvalue weighted by atomic mass is 16.1. The first-order valence-electron chi connectivity index (χ1n) is 6.63. The Balaban J connectivity index is 0.000000362. The van der Waals surface area contributed by atoms with Gasteiger partial charge in [-0.1, -0.05) is 44.2 Å². The zero-order valence-corrected chi connectivity index (χ0v) is 12.9. The van der Waals surface area contributed by atoms with Crippen LogP contribution in [-0.4, -0.2) is 37.2 Å². The van der Waals surface area contributed by atoms with Crippen molar-refractivity contribution in [1.82, 2.24) is 4.90 Å². The van der Waals surface area contributed by atoms with Gasteiger partial charge in [0.2, 0.25) is 0 Å². The molecule has 0 amide bonds. The minimum atomic E-state index is 0.0948. The van der Waals surface area contributed by atoms with Crippen molar-refractivity contribution in [3.63, 3.8) is 0 Å². The van der Waals surface area contributed by atoms with Crippen LogP contribution in [0.1, 0.15) is 38.1 Å². The summed E-state index contributed by atoms with van der Waals surface area (Å²) in [5.41, 5.74) is 0.808. The summed E-state index contributed by atoms with van der Waals surface area (Å²) < 4.78 is 0. The molecule has 106 valence electrons. The average Bonchev–Trinajstić information content (AvgIpc) is 2.37. The van der Waals surface area contributed by atoms with E-state index in [4.69, 9.17) is 0 Å². The molecule has 0 aromatic heterocycles. The summed E-state index contributed by atoms with van der Waals surface area (Å²) in [6.07, 6.45) is 1.82. The van der Waals surface area contributed by atoms with Crippen molar-refractivity contribution >= 4 is 12.1 Å². The van der Waals surface area contributed by atoms with Gasteiger partial charge >= 0.3 is 0 Å². The van der Waals surface area contributed by atoms with E-state index in [1.165, 1.54) is 0 Å². The van der Waals surface area contributed by atoms with Crippen molar-refractivity contribution in [3.05, 3.63) is 35.9 Å². The van der Waals surface area contributed by atoms with Gasteiger partial charge < -0.3 is 4.90 Å². The molecule has 0 bridgehead atoms. The van der Waals surface area contributed by atoms with Crippen molar-refractivity contribution in [1.29, 1.82) is 0 Å². The molecular weight excluding hydrogens is 236 g/mol. The molecule has 0 radical (unpaired) electrons. The Morgan fingerprint density at radius 3 is 1.95 bits per heavy atom. The first-order chi connectivity index (χ1) is 8.84. The minimum absolute atomic E-state index is 0.0948. The van der Waals surface area contributed by atoms with Gasteiger partial charge in [-0.15, -0.1) is 0 Å². The summed E-state index contributed by atoms with van der Waals surface area (Å²) in [7, 11) is 3.93. The van der Waals surface area contributed by atoms with Crippen LogP contribution in [0.2, 0.25) is 0 Å². The van der Waals surface area contributed by atoms with Crippen LogP contribution in [0.3, 0.4) is 0 Å². The highest BCUT2D eigenvalue weighted by Gasteiger charge is 2.08. The molecule has 0 saturated carbocycles. The maximum atomic E-state index is 11.3. The number of carbonyl (C=O) groups is 1. The van der Waals surface area contributed by atoms with Crippen LogP contribution >= 0.6 is 0 Å². The Hall–Kier alpha value is -1.64.